The highest BCUT2D eigenvalue weighted by molar-refractivity contribution is 9.11. The summed E-state index contributed by atoms with van der Waals surface area (Å²) in [4.78, 5) is 11.9. The molecule has 6 heteroatoms. The van der Waals surface area contributed by atoms with Gasteiger partial charge < -0.3 is 14.8 Å². The predicted molar refractivity (Wildman–Crippen MR) is 88.2 cm³/mol. The lowest BCUT2D eigenvalue weighted by Gasteiger charge is -2.18. The number of thioether (sulfide) groups is 1. The van der Waals surface area contributed by atoms with E-state index in [0.29, 0.717) is 35.7 Å². The molecule has 1 unspecified atom stereocenters. The van der Waals surface area contributed by atoms with E-state index >= 15 is 0 Å². The fraction of sp³-hybridized carbons (Fsp3) is 0.267. The van der Waals surface area contributed by atoms with Crippen molar-refractivity contribution in [2.24, 2.45) is 0 Å². The molecule has 0 bridgehead atoms. The van der Waals surface area contributed by atoms with Crippen LogP contribution >= 0.6 is 27.7 Å². The Bertz CT molecular complexity index is 615. The number of nitrogens with one attached hydrogen (secondary N) is 1. The van der Waals surface area contributed by atoms with Crippen LogP contribution in [0.5, 0.6) is 11.5 Å². The number of benzene rings is 1. The van der Waals surface area contributed by atoms with E-state index in [4.69, 9.17) is 9.47 Å². The van der Waals surface area contributed by atoms with Crippen LogP contribution < -0.4 is 14.8 Å². The number of fused-ring (bicyclic) bond motifs is 1. The van der Waals surface area contributed by atoms with Gasteiger partial charge in [0, 0.05) is 27.6 Å². The van der Waals surface area contributed by atoms with Crippen molar-refractivity contribution in [3.63, 3.8) is 0 Å². The van der Waals surface area contributed by atoms with Gasteiger partial charge in [-0.25, -0.2) is 0 Å². The first-order valence-electron chi connectivity index (χ1n) is 6.59. The Labute approximate surface area is 135 Å². The first kappa shape index (κ1) is 14.5. The number of amides is 1. The fourth-order valence-corrected chi connectivity index (χ4v) is 3.81. The van der Waals surface area contributed by atoms with Crippen LogP contribution in [-0.2, 0) is 4.79 Å². The van der Waals surface area contributed by atoms with Crippen molar-refractivity contribution in [2.75, 3.05) is 18.5 Å². The maximum absolute atomic E-state index is 11.9. The van der Waals surface area contributed by atoms with E-state index in [9.17, 15) is 4.79 Å². The number of hydrogen-bond acceptors (Lipinski definition) is 4. The van der Waals surface area contributed by atoms with Crippen molar-refractivity contribution >= 4 is 39.3 Å². The van der Waals surface area contributed by atoms with Crippen molar-refractivity contribution in [3.8, 4) is 11.5 Å². The molecular weight excluding hydrogens is 354 g/mol. The standard InChI is InChI=1S/C15H14BrNO3S/c16-10-7-12(21-9-10)2-4-15(18)17-11-1-3-13-14(8-11)20-6-5-19-13/h1-4,8-9,12H,5-7H2,(H,17,18)/b4-2+. The molecule has 2 aliphatic rings. The van der Waals surface area contributed by atoms with E-state index in [1.54, 1.807) is 23.9 Å². The second-order valence-electron chi connectivity index (χ2n) is 4.65. The zero-order valence-corrected chi connectivity index (χ0v) is 13.6. The third-order valence-electron chi connectivity index (χ3n) is 3.04. The number of halogens is 1. The van der Waals surface area contributed by atoms with Gasteiger partial charge in [-0.3, -0.25) is 4.79 Å². The van der Waals surface area contributed by atoms with Gasteiger partial charge in [-0.1, -0.05) is 22.0 Å². The molecule has 0 spiro atoms. The maximum atomic E-state index is 11.9. The summed E-state index contributed by atoms with van der Waals surface area (Å²) in [7, 11) is 0. The number of allylic oxidation sites excluding steroid dienone is 1. The molecule has 1 atom stereocenters. The lowest BCUT2D eigenvalue weighted by atomic mass is 10.2. The summed E-state index contributed by atoms with van der Waals surface area (Å²) in [6.07, 6.45) is 4.43. The molecule has 1 amide bonds. The van der Waals surface area contributed by atoms with Gasteiger partial charge in [0.05, 0.1) is 0 Å². The molecule has 1 aromatic carbocycles. The average Bonchev–Trinajstić information content (AvgIpc) is 2.91. The molecule has 2 heterocycles. The molecule has 110 valence electrons. The Morgan fingerprint density at radius 2 is 2.14 bits per heavy atom. The normalized spacial score (nSPS) is 20.4. The minimum atomic E-state index is -0.143. The molecule has 0 fully saturated rings. The van der Waals surface area contributed by atoms with Crippen molar-refractivity contribution < 1.29 is 14.3 Å². The first-order chi connectivity index (χ1) is 10.2. The molecule has 21 heavy (non-hydrogen) atoms. The number of carbonyl (C=O) groups excluding carboxylic acids is 1. The van der Waals surface area contributed by atoms with Gasteiger partial charge in [-0.2, -0.15) is 0 Å². The van der Waals surface area contributed by atoms with Gasteiger partial charge in [-0.15, -0.1) is 11.8 Å². The molecule has 3 rings (SSSR count). The third kappa shape index (κ3) is 3.83. The van der Waals surface area contributed by atoms with Crippen LogP contribution in [0.3, 0.4) is 0 Å². The minimum Gasteiger partial charge on any atom is -0.486 e. The van der Waals surface area contributed by atoms with Crippen LogP contribution in [0.25, 0.3) is 0 Å². The molecule has 2 aliphatic heterocycles. The zero-order valence-electron chi connectivity index (χ0n) is 11.2. The van der Waals surface area contributed by atoms with Crippen LogP contribution in [0.2, 0.25) is 0 Å². The molecule has 0 radical (unpaired) electrons. The highest BCUT2D eigenvalue weighted by atomic mass is 79.9. The first-order valence-corrected chi connectivity index (χ1v) is 8.33. The van der Waals surface area contributed by atoms with Gasteiger partial charge in [-0.05, 0) is 24.0 Å². The van der Waals surface area contributed by atoms with Gasteiger partial charge in [0.25, 0.3) is 0 Å². The fourth-order valence-electron chi connectivity index (χ4n) is 2.06. The molecule has 1 aromatic rings. The van der Waals surface area contributed by atoms with Crippen LogP contribution in [0.1, 0.15) is 6.42 Å². The van der Waals surface area contributed by atoms with E-state index in [1.807, 2.05) is 18.2 Å². The summed E-state index contributed by atoms with van der Waals surface area (Å²) in [5.74, 6) is 1.24. The summed E-state index contributed by atoms with van der Waals surface area (Å²) in [5, 5.41) is 5.22. The summed E-state index contributed by atoms with van der Waals surface area (Å²) >= 11 is 5.16. The van der Waals surface area contributed by atoms with Crippen molar-refractivity contribution in [1.29, 1.82) is 0 Å². The number of rotatable bonds is 3. The molecule has 0 saturated carbocycles. The Morgan fingerprint density at radius 3 is 2.90 bits per heavy atom. The van der Waals surface area contributed by atoms with Crippen LogP contribution in [-0.4, -0.2) is 24.4 Å². The van der Waals surface area contributed by atoms with Gasteiger partial charge in [0.15, 0.2) is 11.5 Å². The van der Waals surface area contributed by atoms with Crippen LogP contribution in [0.15, 0.2) is 40.2 Å². The highest BCUT2D eigenvalue weighted by Crippen LogP contribution is 2.34. The molecule has 0 saturated heterocycles. The SMILES string of the molecule is O=C(/C=C/C1CC(Br)=CS1)Nc1ccc2c(c1)OCCO2. The van der Waals surface area contributed by atoms with Gasteiger partial charge in [0.1, 0.15) is 13.2 Å². The van der Waals surface area contributed by atoms with Crippen molar-refractivity contribution in [3.05, 3.63) is 40.2 Å². The molecule has 0 aromatic heterocycles. The second-order valence-corrected chi connectivity index (χ2v) is 6.78. The van der Waals surface area contributed by atoms with Crippen LogP contribution in [0, 0.1) is 0 Å². The maximum Gasteiger partial charge on any atom is 0.248 e. The monoisotopic (exact) mass is 367 g/mol. The van der Waals surface area contributed by atoms with E-state index in [1.165, 1.54) is 4.48 Å². The van der Waals surface area contributed by atoms with E-state index in [2.05, 4.69) is 26.7 Å². The Morgan fingerprint density at radius 1 is 1.33 bits per heavy atom. The lowest BCUT2D eigenvalue weighted by Crippen LogP contribution is -2.16. The largest absolute Gasteiger partial charge is 0.486 e. The topological polar surface area (TPSA) is 47.6 Å². The smallest absolute Gasteiger partial charge is 0.248 e. The van der Waals surface area contributed by atoms with Gasteiger partial charge >= 0.3 is 0 Å². The predicted octanol–water partition coefficient (Wildman–Crippen LogP) is 3.69. The number of hydrogen-bond donors (Lipinski definition) is 1. The average molecular weight is 368 g/mol. The Balaban J connectivity index is 1.58. The van der Waals surface area contributed by atoms with Crippen LogP contribution in [0.4, 0.5) is 5.69 Å². The number of carbonyl (C=O) groups is 1. The summed E-state index contributed by atoms with van der Waals surface area (Å²) in [5.41, 5.74) is 0.701. The minimum absolute atomic E-state index is 0.143. The molecule has 4 nitrogen and oxygen atoms in total. The van der Waals surface area contributed by atoms with E-state index < -0.39 is 0 Å². The number of ether oxygens (including phenoxy) is 2. The van der Waals surface area contributed by atoms with E-state index in [0.717, 1.165) is 6.42 Å². The van der Waals surface area contributed by atoms with Gasteiger partial charge in [0.2, 0.25) is 5.91 Å². The Kier molecular flexibility index (Phi) is 4.55. The van der Waals surface area contributed by atoms with Crippen molar-refractivity contribution in [1.82, 2.24) is 0 Å². The number of anilines is 1. The molecular formula is C15H14BrNO3S. The van der Waals surface area contributed by atoms with Crippen molar-refractivity contribution in [2.45, 2.75) is 11.7 Å². The quantitative estimate of drug-likeness (QED) is 0.827. The summed E-state index contributed by atoms with van der Waals surface area (Å²) < 4.78 is 12.1. The Hall–Kier alpha value is -1.40. The van der Waals surface area contributed by atoms with E-state index in [-0.39, 0.29) is 5.91 Å². The molecule has 0 aliphatic carbocycles. The summed E-state index contributed by atoms with van der Waals surface area (Å²) in [6, 6.07) is 5.39. The lowest BCUT2D eigenvalue weighted by molar-refractivity contribution is -0.111. The zero-order chi connectivity index (χ0) is 14.7. The third-order valence-corrected chi connectivity index (χ3v) is 4.99. The highest BCUT2D eigenvalue weighted by Gasteiger charge is 2.14. The summed E-state index contributed by atoms with van der Waals surface area (Å²) in [6.45, 7) is 1.09. The molecule has 1 N–H and O–H groups in total. The second kappa shape index (κ2) is 6.58.